The molecule has 0 bridgehead atoms. The zero-order valence-corrected chi connectivity index (χ0v) is 14.8. The van der Waals surface area contributed by atoms with Crippen molar-refractivity contribution in [3.8, 4) is 5.75 Å². The van der Waals surface area contributed by atoms with E-state index in [1.807, 2.05) is 38.1 Å². The van der Waals surface area contributed by atoms with Crippen LogP contribution in [0.5, 0.6) is 5.75 Å². The average molecular weight is 344 g/mol. The number of ether oxygens (including phenoxy) is 1. The Kier molecular flexibility index (Phi) is 4.80. The molecule has 0 fully saturated rings. The Morgan fingerprint density at radius 3 is 2.71 bits per heavy atom. The molecule has 0 aliphatic carbocycles. The van der Waals surface area contributed by atoms with Crippen molar-refractivity contribution in [2.45, 2.75) is 33.6 Å². The van der Waals surface area contributed by atoms with E-state index in [2.05, 4.69) is 22.3 Å². The summed E-state index contributed by atoms with van der Waals surface area (Å²) in [6, 6.07) is 7.81. The number of amides is 1. The van der Waals surface area contributed by atoms with Crippen LogP contribution in [0, 0.1) is 13.8 Å². The summed E-state index contributed by atoms with van der Waals surface area (Å²) in [6.07, 6.45) is 2.15. The predicted octanol–water partition coefficient (Wildman–Crippen LogP) is 3.38. The topological polar surface area (TPSA) is 68.5 Å². The summed E-state index contributed by atoms with van der Waals surface area (Å²) in [7, 11) is 0. The van der Waals surface area contributed by atoms with Crippen LogP contribution in [-0.2, 0) is 11.2 Å². The maximum atomic E-state index is 12.0. The van der Waals surface area contributed by atoms with Gasteiger partial charge in [0.1, 0.15) is 5.75 Å². The fraction of sp³-hybridized carbons (Fsp3) is 0.353. The molecule has 126 valence electrons. The van der Waals surface area contributed by atoms with Crippen LogP contribution >= 0.6 is 11.3 Å². The number of hydrogen-bond donors (Lipinski definition) is 1. The molecule has 6 nitrogen and oxygen atoms in total. The fourth-order valence-electron chi connectivity index (χ4n) is 2.35. The first-order valence-corrected chi connectivity index (χ1v) is 8.73. The molecule has 0 aliphatic rings. The van der Waals surface area contributed by atoms with E-state index in [-0.39, 0.29) is 12.5 Å². The van der Waals surface area contributed by atoms with Crippen molar-refractivity contribution in [2.24, 2.45) is 0 Å². The minimum absolute atomic E-state index is 0.0714. The van der Waals surface area contributed by atoms with Crippen LogP contribution < -0.4 is 10.1 Å². The Morgan fingerprint density at radius 1 is 1.29 bits per heavy atom. The molecule has 1 aromatic carbocycles. The zero-order valence-electron chi connectivity index (χ0n) is 14.0. The number of thiazole rings is 1. The highest BCUT2D eigenvalue weighted by Gasteiger charge is 2.13. The number of rotatable bonds is 6. The van der Waals surface area contributed by atoms with Crippen LogP contribution in [0.4, 0.5) is 5.95 Å². The first-order chi connectivity index (χ1) is 11.6. The minimum Gasteiger partial charge on any atom is -0.484 e. The molecule has 7 heteroatoms. The normalized spacial score (nSPS) is 11.0. The number of anilines is 1. The van der Waals surface area contributed by atoms with E-state index in [9.17, 15) is 4.79 Å². The van der Waals surface area contributed by atoms with E-state index in [0.717, 1.165) is 28.4 Å². The molecule has 0 spiro atoms. The first-order valence-electron chi connectivity index (χ1n) is 7.91. The SMILES string of the molecule is CCCc1ccc(OCC(=O)Nc2nc3sc(C)c(C)n3n2)cc1. The number of hydrogen-bond acceptors (Lipinski definition) is 5. The third-order valence-corrected chi connectivity index (χ3v) is 4.78. The van der Waals surface area contributed by atoms with Crippen LogP contribution in [0.3, 0.4) is 0 Å². The van der Waals surface area contributed by atoms with Gasteiger partial charge in [0.2, 0.25) is 4.96 Å². The Hall–Kier alpha value is -2.41. The quantitative estimate of drug-likeness (QED) is 0.744. The van der Waals surface area contributed by atoms with Crippen molar-refractivity contribution in [1.82, 2.24) is 14.6 Å². The highest BCUT2D eigenvalue weighted by molar-refractivity contribution is 7.17. The van der Waals surface area contributed by atoms with Gasteiger partial charge in [0.25, 0.3) is 11.9 Å². The van der Waals surface area contributed by atoms with Crippen LogP contribution in [-0.4, -0.2) is 27.1 Å². The van der Waals surface area contributed by atoms with Crippen molar-refractivity contribution >= 4 is 28.2 Å². The third kappa shape index (κ3) is 3.56. The summed E-state index contributed by atoms with van der Waals surface area (Å²) in [6.45, 7) is 6.07. The Balaban J connectivity index is 1.56. The Bertz CT molecular complexity index is 851. The second-order valence-corrected chi connectivity index (χ2v) is 6.79. The van der Waals surface area contributed by atoms with Gasteiger partial charge in [-0.15, -0.1) is 5.10 Å². The van der Waals surface area contributed by atoms with Crippen LogP contribution in [0.1, 0.15) is 29.5 Å². The van der Waals surface area contributed by atoms with Gasteiger partial charge in [0.15, 0.2) is 6.61 Å². The van der Waals surface area contributed by atoms with Gasteiger partial charge in [0, 0.05) is 4.88 Å². The second-order valence-electron chi connectivity index (χ2n) is 5.60. The fourth-order valence-corrected chi connectivity index (χ4v) is 3.25. The molecule has 0 atom stereocenters. The molecule has 2 heterocycles. The van der Waals surface area contributed by atoms with E-state index in [1.54, 1.807) is 15.9 Å². The number of benzene rings is 1. The minimum atomic E-state index is -0.278. The maximum Gasteiger partial charge on any atom is 0.264 e. The lowest BCUT2D eigenvalue weighted by Crippen LogP contribution is -2.21. The number of aryl methyl sites for hydroxylation is 3. The van der Waals surface area contributed by atoms with Crippen LogP contribution in [0.25, 0.3) is 4.96 Å². The van der Waals surface area contributed by atoms with Gasteiger partial charge in [-0.25, -0.2) is 4.52 Å². The Labute approximate surface area is 144 Å². The summed E-state index contributed by atoms with van der Waals surface area (Å²) in [5, 5.41) is 6.95. The molecule has 0 saturated carbocycles. The van der Waals surface area contributed by atoms with E-state index >= 15 is 0 Å². The molecule has 0 saturated heterocycles. The largest absolute Gasteiger partial charge is 0.484 e. The molecule has 0 unspecified atom stereocenters. The number of carbonyl (C=O) groups is 1. The highest BCUT2D eigenvalue weighted by Crippen LogP contribution is 2.21. The summed E-state index contributed by atoms with van der Waals surface area (Å²) in [5.41, 5.74) is 2.30. The molecule has 0 radical (unpaired) electrons. The molecule has 2 aromatic heterocycles. The van der Waals surface area contributed by atoms with Crippen molar-refractivity contribution in [3.05, 3.63) is 40.4 Å². The lowest BCUT2D eigenvalue weighted by molar-refractivity contribution is -0.118. The van der Waals surface area contributed by atoms with Gasteiger partial charge in [-0.05, 0) is 38.0 Å². The van der Waals surface area contributed by atoms with E-state index in [1.165, 1.54) is 5.56 Å². The molecule has 0 aliphatic heterocycles. The number of aromatic nitrogens is 3. The third-order valence-electron chi connectivity index (χ3n) is 3.73. The lowest BCUT2D eigenvalue weighted by Gasteiger charge is -2.06. The zero-order chi connectivity index (χ0) is 17.1. The van der Waals surface area contributed by atoms with Crippen LogP contribution in [0.15, 0.2) is 24.3 Å². The standard InChI is InChI=1S/C17H20N4O2S/c1-4-5-13-6-8-14(9-7-13)23-10-15(22)18-16-19-17-21(20-16)11(2)12(3)24-17/h6-9H,4-5,10H2,1-3H3,(H,18,20,22). The van der Waals surface area contributed by atoms with Gasteiger partial charge in [-0.1, -0.05) is 36.8 Å². The number of nitrogens with zero attached hydrogens (tertiary/aromatic N) is 3. The monoisotopic (exact) mass is 344 g/mol. The second kappa shape index (κ2) is 7.00. The predicted molar refractivity (Wildman–Crippen MR) is 94.9 cm³/mol. The van der Waals surface area contributed by atoms with Crippen LogP contribution in [0.2, 0.25) is 0 Å². The van der Waals surface area contributed by atoms with E-state index in [0.29, 0.717) is 11.7 Å². The van der Waals surface area contributed by atoms with Gasteiger partial charge in [-0.3, -0.25) is 10.1 Å². The van der Waals surface area contributed by atoms with E-state index < -0.39 is 0 Å². The van der Waals surface area contributed by atoms with Crippen molar-refractivity contribution < 1.29 is 9.53 Å². The van der Waals surface area contributed by atoms with Gasteiger partial charge in [-0.2, -0.15) is 4.98 Å². The Morgan fingerprint density at radius 2 is 2.04 bits per heavy atom. The molecule has 1 N–H and O–H groups in total. The number of fused-ring (bicyclic) bond motifs is 1. The van der Waals surface area contributed by atoms with Crippen molar-refractivity contribution in [2.75, 3.05) is 11.9 Å². The van der Waals surface area contributed by atoms with Gasteiger partial charge < -0.3 is 4.74 Å². The molecule has 3 aromatic rings. The lowest BCUT2D eigenvalue weighted by atomic mass is 10.1. The smallest absolute Gasteiger partial charge is 0.264 e. The summed E-state index contributed by atoms with van der Waals surface area (Å²) >= 11 is 1.55. The molecule has 1 amide bonds. The molecular weight excluding hydrogens is 324 g/mol. The molecule has 24 heavy (non-hydrogen) atoms. The van der Waals surface area contributed by atoms with Crippen molar-refractivity contribution in [1.29, 1.82) is 0 Å². The van der Waals surface area contributed by atoms with E-state index in [4.69, 9.17) is 4.74 Å². The van der Waals surface area contributed by atoms with Gasteiger partial charge >= 0.3 is 0 Å². The molecular formula is C17H20N4O2S. The first kappa shape index (κ1) is 16.4. The molecule has 3 rings (SSSR count). The number of nitrogens with one attached hydrogen (secondary N) is 1. The van der Waals surface area contributed by atoms with Crippen molar-refractivity contribution in [3.63, 3.8) is 0 Å². The summed E-state index contributed by atoms with van der Waals surface area (Å²) in [5.74, 6) is 0.701. The summed E-state index contributed by atoms with van der Waals surface area (Å²) < 4.78 is 7.24. The maximum absolute atomic E-state index is 12.0. The highest BCUT2D eigenvalue weighted by atomic mass is 32.1. The average Bonchev–Trinajstić information content (AvgIpc) is 3.06. The van der Waals surface area contributed by atoms with Gasteiger partial charge in [0.05, 0.1) is 5.69 Å². The number of carbonyl (C=O) groups excluding carboxylic acids is 1. The summed E-state index contributed by atoms with van der Waals surface area (Å²) in [4.78, 5) is 18.2.